The van der Waals surface area contributed by atoms with Crippen molar-refractivity contribution in [1.29, 1.82) is 0 Å². The number of thiophene rings is 1. The molecule has 1 aliphatic rings. The van der Waals surface area contributed by atoms with Crippen molar-refractivity contribution in [1.82, 2.24) is 15.0 Å². The fraction of sp³-hybridized carbons (Fsp3) is 0.360. The van der Waals surface area contributed by atoms with Gasteiger partial charge in [-0.1, -0.05) is 37.2 Å². The number of benzene rings is 1. The summed E-state index contributed by atoms with van der Waals surface area (Å²) in [4.78, 5) is 27.8. The van der Waals surface area contributed by atoms with Crippen LogP contribution in [0.5, 0.6) is 0 Å². The van der Waals surface area contributed by atoms with Gasteiger partial charge in [-0.15, -0.1) is 11.3 Å². The Kier molecular flexibility index (Phi) is 6.11. The van der Waals surface area contributed by atoms with Crippen LogP contribution in [0.2, 0.25) is 0 Å². The van der Waals surface area contributed by atoms with Crippen LogP contribution in [0.1, 0.15) is 48.6 Å². The molecule has 5 rings (SSSR count). The number of rotatable bonds is 7. The van der Waals surface area contributed by atoms with Crippen LogP contribution in [0.25, 0.3) is 20.4 Å². The molecule has 0 saturated heterocycles. The molecular formula is C25H26N4OS2. The fourth-order valence-electron chi connectivity index (χ4n) is 4.46. The van der Waals surface area contributed by atoms with Gasteiger partial charge in [0.2, 0.25) is 5.91 Å². The van der Waals surface area contributed by atoms with Crippen LogP contribution in [0, 0.1) is 6.92 Å². The van der Waals surface area contributed by atoms with Gasteiger partial charge < -0.3 is 5.32 Å². The van der Waals surface area contributed by atoms with E-state index >= 15 is 0 Å². The quantitative estimate of drug-likeness (QED) is 0.265. The first-order valence-electron chi connectivity index (χ1n) is 11.2. The number of hydrogen-bond acceptors (Lipinski definition) is 6. The minimum Gasteiger partial charge on any atom is -0.325 e. The van der Waals surface area contributed by atoms with Crippen LogP contribution in [0.4, 0.5) is 5.69 Å². The Bertz CT molecular complexity index is 1310. The number of hydrogen-bond donors (Lipinski definition) is 1. The summed E-state index contributed by atoms with van der Waals surface area (Å²) < 4.78 is 1.05. The van der Waals surface area contributed by atoms with Crippen LogP contribution in [-0.4, -0.2) is 26.6 Å². The molecule has 0 radical (unpaired) electrons. The molecule has 5 nitrogen and oxygen atoms in total. The van der Waals surface area contributed by atoms with Gasteiger partial charge in [0.15, 0.2) is 0 Å². The van der Waals surface area contributed by atoms with Crippen LogP contribution < -0.4 is 5.32 Å². The van der Waals surface area contributed by atoms with Crippen molar-refractivity contribution in [2.24, 2.45) is 0 Å². The number of fused-ring (bicyclic) bond motifs is 5. The summed E-state index contributed by atoms with van der Waals surface area (Å²) in [6, 6.07) is 7.85. The number of anilines is 1. The van der Waals surface area contributed by atoms with E-state index < -0.39 is 0 Å². The molecule has 7 heteroatoms. The predicted molar refractivity (Wildman–Crippen MR) is 134 cm³/mol. The number of carbonyl (C=O) groups is 1. The summed E-state index contributed by atoms with van der Waals surface area (Å²) >= 11 is 3.14. The molecule has 0 bridgehead atoms. The molecular weight excluding hydrogens is 436 g/mol. The molecule has 0 unspecified atom stereocenters. The van der Waals surface area contributed by atoms with E-state index in [9.17, 15) is 4.79 Å². The number of aryl methyl sites for hydroxylation is 3. The third kappa shape index (κ3) is 4.11. The molecule has 164 valence electrons. The lowest BCUT2D eigenvalue weighted by atomic mass is 10.0. The number of thioether (sulfide) groups is 1. The Hall–Kier alpha value is -2.51. The maximum Gasteiger partial charge on any atom is 0.234 e. The van der Waals surface area contributed by atoms with Crippen LogP contribution in [-0.2, 0) is 24.1 Å². The van der Waals surface area contributed by atoms with E-state index in [1.807, 2.05) is 31.2 Å². The average Bonchev–Trinajstić information content (AvgIpc) is 3.40. The zero-order valence-electron chi connectivity index (χ0n) is 18.4. The van der Waals surface area contributed by atoms with Gasteiger partial charge >= 0.3 is 0 Å². The SMILES string of the molecule is CCCCc1nc2sc3c(SCC(=O)Nc4cccc(C)c4)ncnc3c2c2c1CCC2. The molecule has 3 heterocycles. The van der Waals surface area contributed by atoms with E-state index in [-0.39, 0.29) is 5.91 Å². The van der Waals surface area contributed by atoms with E-state index in [1.54, 1.807) is 17.7 Å². The van der Waals surface area contributed by atoms with Crippen molar-refractivity contribution in [3.05, 3.63) is 53.0 Å². The average molecular weight is 463 g/mol. The lowest BCUT2D eigenvalue weighted by Crippen LogP contribution is -2.14. The highest BCUT2D eigenvalue weighted by Gasteiger charge is 2.24. The van der Waals surface area contributed by atoms with E-state index in [0.29, 0.717) is 5.75 Å². The van der Waals surface area contributed by atoms with Crippen molar-refractivity contribution in [3.8, 4) is 0 Å². The summed E-state index contributed by atoms with van der Waals surface area (Å²) in [6.07, 6.45) is 8.45. The zero-order valence-corrected chi connectivity index (χ0v) is 20.0. The van der Waals surface area contributed by atoms with Crippen molar-refractivity contribution in [3.63, 3.8) is 0 Å². The minimum atomic E-state index is -0.0330. The minimum absolute atomic E-state index is 0.0330. The lowest BCUT2D eigenvalue weighted by molar-refractivity contribution is -0.113. The second-order valence-corrected chi connectivity index (χ2v) is 10.3. The number of unbranched alkanes of at least 4 members (excludes halogenated alkanes) is 1. The number of aromatic nitrogens is 3. The second-order valence-electron chi connectivity index (χ2n) is 8.32. The third-order valence-corrected chi connectivity index (χ3v) is 8.13. The maximum atomic E-state index is 12.5. The molecule has 1 aliphatic carbocycles. The van der Waals surface area contributed by atoms with Crippen LogP contribution in [0.15, 0.2) is 35.6 Å². The van der Waals surface area contributed by atoms with E-state index in [4.69, 9.17) is 4.98 Å². The molecule has 1 amide bonds. The summed E-state index contributed by atoms with van der Waals surface area (Å²) in [5.74, 6) is 0.274. The van der Waals surface area contributed by atoms with Crippen molar-refractivity contribution in [2.75, 3.05) is 11.1 Å². The first kappa shape index (κ1) is 21.3. The topological polar surface area (TPSA) is 67.8 Å². The Morgan fingerprint density at radius 3 is 2.94 bits per heavy atom. The normalized spacial score (nSPS) is 13.1. The van der Waals surface area contributed by atoms with E-state index in [1.165, 1.54) is 53.2 Å². The molecule has 32 heavy (non-hydrogen) atoms. The molecule has 0 saturated carbocycles. The van der Waals surface area contributed by atoms with Gasteiger partial charge in [-0.25, -0.2) is 15.0 Å². The Morgan fingerprint density at radius 1 is 1.22 bits per heavy atom. The number of pyridine rings is 1. The summed E-state index contributed by atoms with van der Waals surface area (Å²) in [7, 11) is 0. The van der Waals surface area contributed by atoms with Gasteiger partial charge in [-0.05, 0) is 67.9 Å². The second kappa shape index (κ2) is 9.16. The highest BCUT2D eigenvalue weighted by Crippen LogP contribution is 2.42. The fourth-order valence-corrected chi connectivity index (χ4v) is 6.52. The molecule has 3 aromatic heterocycles. The van der Waals surface area contributed by atoms with E-state index in [0.717, 1.165) is 50.6 Å². The summed E-state index contributed by atoms with van der Waals surface area (Å²) in [6.45, 7) is 4.24. The molecule has 0 atom stereocenters. The Labute approximate surface area is 196 Å². The molecule has 4 aromatic rings. The molecule has 0 spiro atoms. The standard InChI is InChI=1S/C25H26N4OS2/c1-3-4-11-19-17-9-6-10-18(17)21-22-23(32-24(21)29-19)25(27-14-26-22)31-13-20(30)28-16-8-5-7-15(2)12-16/h5,7-8,12,14H,3-4,6,9-11,13H2,1-2H3,(H,28,30). The molecule has 0 fully saturated rings. The molecule has 1 N–H and O–H groups in total. The van der Waals surface area contributed by atoms with Crippen molar-refractivity contribution < 1.29 is 4.79 Å². The van der Waals surface area contributed by atoms with Gasteiger partial charge in [-0.2, -0.15) is 0 Å². The van der Waals surface area contributed by atoms with Gasteiger partial charge in [-0.3, -0.25) is 4.79 Å². The highest BCUT2D eigenvalue weighted by atomic mass is 32.2. The number of nitrogens with one attached hydrogen (secondary N) is 1. The monoisotopic (exact) mass is 462 g/mol. The first-order valence-corrected chi connectivity index (χ1v) is 13.0. The van der Waals surface area contributed by atoms with Gasteiger partial charge in [0, 0.05) is 16.8 Å². The lowest BCUT2D eigenvalue weighted by Gasteiger charge is -2.08. The first-order chi connectivity index (χ1) is 15.6. The van der Waals surface area contributed by atoms with Crippen molar-refractivity contribution in [2.45, 2.75) is 57.4 Å². The Morgan fingerprint density at radius 2 is 2.09 bits per heavy atom. The van der Waals surface area contributed by atoms with E-state index in [2.05, 4.69) is 22.2 Å². The third-order valence-electron chi connectivity index (χ3n) is 5.93. The van der Waals surface area contributed by atoms with Crippen molar-refractivity contribution >= 4 is 55.1 Å². The number of carbonyl (C=O) groups excluding carboxylic acids is 1. The maximum absolute atomic E-state index is 12.5. The number of nitrogens with zero attached hydrogens (tertiary/aromatic N) is 3. The smallest absolute Gasteiger partial charge is 0.234 e. The van der Waals surface area contributed by atoms with Crippen LogP contribution >= 0.6 is 23.1 Å². The zero-order chi connectivity index (χ0) is 22.1. The number of amides is 1. The largest absolute Gasteiger partial charge is 0.325 e. The van der Waals surface area contributed by atoms with Gasteiger partial charge in [0.05, 0.1) is 16.0 Å². The highest BCUT2D eigenvalue weighted by molar-refractivity contribution is 8.00. The summed E-state index contributed by atoms with van der Waals surface area (Å²) in [5.41, 5.74) is 7.11. The van der Waals surface area contributed by atoms with Crippen LogP contribution in [0.3, 0.4) is 0 Å². The molecule has 0 aliphatic heterocycles. The van der Waals surface area contributed by atoms with Gasteiger partial charge in [0.1, 0.15) is 16.2 Å². The summed E-state index contributed by atoms with van der Waals surface area (Å²) in [5, 5.41) is 5.05. The molecule has 1 aromatic carbocycles. The predicted octanol–water partition coefficient (Wildman–Crippen LogP) is 6.11. The van der Waals surface area contributed by atoms with Gasteiger partial charge in [0.25, 0.3) is 0 Å². The Balaban J connectivity index is 1.44.